The molecule has 0 spiro atoms. The normalized spacial score (nSPS) is 12.0. The number of hydrogen-bond acceptors (Lipinski definition) is 7. The molecule has 1 aromatic heterocycles. The van der Waals surface area contributed by atoms with Crippen LogP contribution in [0.25, 0.3) is 0 Å². The molecule has 7 nitrogen and oxygen atoms in total. The Labute approximate surface area is 107 Å². The predicted molar refractivity (Wildman–Crippen MR) is 67.1 cm³/mol. The summed E-state index contributed by atoms with van der Waals surface area (Å²) in [6.07, 6.45) is -0.133. The standard InChI is InChI=1S/C11H20N4O3/c1-5-12-9-13-10(16-4)15-11(14-9)18-8(3)7-17-6-2/h8H,5-7H2,1-4H3,(H,12,13,14,15). The minimum atomic E-state index is -0.133. The molecule has 0 fully saturated rings. The molecule has 1 rings (SSSR count). The smallest absolute Gasteiger partial charge is 0.324 e. The van der Waals surface area contributed by atoms with E-state index in [0.29, 0.717) is 25.7 Å². The van der Waals surface area contributed by atoms with E-state index in [1.807, 2.05) is 20.8 Å². The van der Waals surface area contributed by atoms with Crippen LogP contribution in [0.2, 0.25) is 0 Å². The fraction of sp³-hybridized carbons (Fsp3) is 0.727. The summed E-state index contributed by atoms with van der Waals surface area (Å²) in [5.74, 6) is 0.433. The lowest BCUT2D eigenvalue weighted by atomic mass is 10.4. The maximum Gasteiger partial charge on any atom is 0.324 e. The monoisotopic (exact) mass is 256 g/mol. The second-order valence-electron chi connectivity index (χ2n) is 3.55. The summed E-state index contributed by atoms with van der Waals surface area (Å²) in [4.78, 5) is 12.2. The second-order valence-corrected chi connectivity index (χ2v) is 3.55. The molecule has 0 saturated heterocycles. The lowest BCUT2D eigenvalue weighted by Crippen LogP contribution is -2.21. The molecular formula is C11H20N4O3. The number of rotatable bonds is 8. The molecule has 0 bridgehead atoms. The highest BCUT2D eigenvalue weighted by atomic mass is 16.5. The van der Waals surface area contributed by atoms with Crippen molar-refractivity contribution in [2.75, 3.05) is 32.2 Å². The maximum atomic E-state index is 5.54. The van der Waals surface area contributed by atoms with Crippen LogP contribution in [-0.2, 0) is 4.74 Å². The Morgan fingerprint density at radius 2 is 1.89 bits per heavy atom. The molecule has 1 aromatic rings. The molecule has 7 heteroatoms. The summed E-state index contributed by atoms with van der Waals surface area (Å²) < 4.78 is 15.8. The van der Waals surface area contributed by atoms with Crippen LogP contribution in [0.1, 0.15) is 20.8 Å². The van der Waals surface area contributed by atoms with Gasteiger partial charge in [0, 0.05) is 13.2 Å². The number of nitrogens with zero attached hydrogens (tertiary/aromatic N) is 3. The first-order valence-electron chi connectivity index (χ1n) is 5.97. The fourth-order valence-corrected chi connectivity index (χ4v) is 1.22. The molecule has 18 heavy (non-hydrogen) atoms. The third-order valence-corrected chi connectivity index (χ3v) is 1.98. The van der Waals surface area contributed by atoms with Crippen LogP contribution in [-0.4, -0.2) is 47.9 Å². The molecular weight excluding hydrogens is 236 g/mol. The summed E-state index contributed by atoms with van der Waals surface area (Å²) in [6.45, 7) is 7.62. The van der Waals surface area contributed by atoms with Crippen molar-refractivity contribution < 1.29 is 14.2 Å². The Morgan fingerprint density at radius 1 is 1.17 bits per heavy atom. The van der Waals surface area contributed by atoms with E-state index >= 15 is 0 Å². The van der Waals surface area contributed by atoms with Crippen LogP contribution < -0.4 is 14.8 Å². The third kappa shape index (κ3) is 4.70. The first kappa shape index (κ1) is 14.4. The first-order valence-corrected chi connectivity index (χ1v) is 5.97. The average molecular weight is 256 g/mol. The summed E-state index contributed by atoms with van der Waals surface area (Å²) >= 11 is 0. The molecule has 1 N–H and O–H groups in total. The van der Waals surface area contributed by atoms with Crippen molar-refractivity contribution in [2.45, 2.75) is 26.9 Å². The van der Waals surface area contributed by atoms with Crippen molar-refractivity contribution >= 4 is 5.95 Å². The Bertz CT molecular complexity index is 362. The number of ether oxygens (including phenoxy) is 3. The van der Waals surface area contributed by atoms with E-state index in [0.717, 1.165) is 0 Å². The highest BCUT2D eigenvalue weighted by molar-refractivity contribution is 5.27. The topological polar surface area (TPSA) is 78.4 Å². The molecule has 0 radical (unpaired) electrons. The summed E-state index contributed by atoms with van der Waals surface area (Å²) in [5.41, 5.74) is 0. The van der Waals surface area contributed by atoms with Gasteiger partial charge in [-0.05, 0) is 20.8 Å². The average Bonchev–Trinajstić information content (AvgIpc) is 2.36. The maximum absolute atomic E-state index is 5.54. The predicted octanol–water partition coefficient (Wildman–Crippen LogP) is 1.12. The quantitative estimate of drug-likeness (QED) is 0.746. The van der Waals surface area contributed by atoms with Crippen LogP contribution in [0.5, 0.6) is 12.0 Å². The van der Waals surface area contributed by atoms with Crippen molar-refractivity contribution in [3.63, 3.8) is 0 Å². The molecule has 1 atom stereocenters. The van der Waals surface area contributed by atoms with Gasteiger partial charge in [-0.2, -0.15) is 9.97 Å². The van der Waals surface area contributed by atoms with Gasteiger partial charge in [-0.3, -0.25) is 0 Å². The van der Waals surface area contributed by atoms with Crippen molar-refractivity contribution in [1.29, 1.82) is 0 Å². The van der Waals surface area contributed by atoms with Crippen molar-refractivity contribution in [3.8, 4) is 12.0 Å². The fourth-order valence-electron chi connectivity index (χ4n) is 1.22. The van der Waals surface area contributed by atoms with Gasteiger partial charge in [-0.15, -0.1) is 4.98 Å². The van der Waals surface area contributed by atoms with E-state index in [1.165, 1.54) is 7.11 Å². The molecule has 1 unspecified atom stereocenters. The zero-order valence-corrected chi connectivity index (χ0v) is 11.3. The second kappa shape index (κ2) is 7.65. The van der Waals surface area contributed by atoms with Gasteiger partial charge in [-0.25, -0.2) is 0 Å². The number of hydrogen-bond donors (Lipinski definition) is 1. The van der Waals surface area contributed by atoms with Crippen molar-refractivity contribution in [2.24, 2.45) is 0 Å². The Hall–Kier alpha value is -1.63. The van der Waals surface area contributed by atoms with Gasteiger partial charge in [-0.1, -0.05) is 0 Å². The van der Waals surface area contributed by atoms with E-state index in [1.54, 1.807) is 0 Å². The van der Waals surface area contributed by atoms with Gasteiger partial charge in [0.15, 0.2) is 0 Å². The van der Waals surface area contributed by atoms with Crippen LogP contribution >= 0.6 is 0 Å². The van der Waals surface area contributed by atoms with Gasteiger partial charge in [0.25, 0.3) is 0 Å². The van der Waals surface area contributed by atoms with Gasteiger partial charge in [0.1, 0.15) is 6.10 Å². The molecule has 0 aliphatic heterocycles. The van der Waals surface area contributed by atoms with E-state index in [4.69, 9.17) is 14.2 Å². The van der Waals surface area contributed by atoms with Crippen LogP contribution in [0.3, 0.4) is 0 Å². The van der Waals surface area contributed by atoms with E-state index in [2.05, 4.69) is 20.3 Å². The zero-order valence-electron chi connectivity index (χ0n) is 11.3. The lowest BCUT2D eigenvalue weighted by molar-refractivity contribution is 0.0602. The largest absolute Gasteiger partial charge is 0.467 e. The van der Waals surface area contributed by atoms with E-state index < -0.39 is 0 Å². The molecule has 0 saturated carbocycles. The van der Waals surface area contributed by atoms with E-state index in [9.17, 15) is 0 Å². The van der Waals surface area contributed by atoms with E-state index in [-0.39, 0.29) is 18.1 Å². The first-order chi connectivity index (χ1) is 8.69. The zero-order chi connectivity index (χ0) is 13.4. The minimum absolute atomic E-state index is 0.133. The summed E-state index contributed by atoms with van der Waals surface area (Å²) in [6, 6.07) is 0.449. The van der Waals surface area contributed by atoms with Gasteiger partial charge >= 0.3 is 12.0 Å². The third-order valence-electron chi connectivity index (χ3n) is 1.98. The molecule has 0 aromatic carbocycles. The summed E-state index contributed by atoms with van der Waals surface area (Å²) in [5, 5.41) is 2.99. The number of nitrogens with one attached hydrogen (secondary N) is 1. The molecule has 1 heterocycles. The molecule has 0 aliphatic rings. The van der Waals surface area contributed by atoms with Gasteiger partial charge in [0.05, 0.1) is 13.7 Å². The highest BCUT2D eigenvalue weighted by Gasteiger charge is 2.11. The molecule has 102 valence electrons. The van der Waals surface area contributed by atoms with Gasteiger partial charge < -0.3 is 19.5 Å². The Balaban J connectivity index is 2.71. The lowest BCUT2D eigenvalue weighted by Gasteiger charge is -2.13. The molecule has 0 amide bonds. The SMILES string of the molecule is CCNc1nc(OC)nc(OC(C)COCC)n1. The van der Waals surface area contributed by atoms with Crippen molar-refractivity contribution in [3.05, 3.63) is 0 Å². The molecule has 0 aliphatic carbocycles. The number of aromatic nitrogens is 3. The van der Waals surface area contributed by atoms with Crippen LogP contribution in [0.4, 0.5) is 5.95 Å². The van der Waals surface area contributed by atoms with Crippen LogP contribution in [0, 0.1) is 0 Å². The van der Waals surface area contributed by atoms with Crippen LogP contribution in [0.15, 0.2) is 0 Å². The minimum Gasteiger partial charge on any atom is -0.467 e. The van der Waals surface area contributed by atoms with Gasteiger partial charge in [0.2, 0.25) is 5.95 Å². The number of anilines is 1. The highest BCUT2D eigenvalue weighted by Crippen LogP contribution is 2.13. The Kier molecular flexibility index (Phi) is 6.13. The van der Waals surface area contributed by atoms with Crippen molar-refractivity contribution in [1.82, 2.24) is 15.0 Å². The Morgan fingerprint density at radius 3 is 2.50 bits per heavy atom. The number of methoxy groups -OCH3 is 1. The summed E-state index contributed by atoms with van der Waals surface area (Å²) in [7, 11) is 1.50.